The molecular formula is C10H11BrN2O4. The van der Waals surface area contributed by atoms with Crippen LogP contribution < -0.4 is 11.1 Å². The van der Waals surface area contributed by atoms with Crippen LogP contribution in [0.3, 0.4) is 0 Å². The molecule has 6 nitrogen and oxygen atoms in total. The normalized spacial score (nSPS) is 11.9. The zero-order valence-corrected chi connectivity index (χ0v) is 10.3. The van der Waals surface area contributed by atoms with Gasteiger partial charge in [0, 0.05) is 15.7 Å². The summed E-state index contributed by atoms with van der Waals surface area (Å²) in [7, 11) is 0. The smallest absolute Gasteiger partial charge is 0.334 e. The minimum absolute atomic E-state index is 0.323. The number of hydrogen-bond acceptors (Lipinski definition) is 4. The van der Waals surface area contributed by atoms with Crippen molar-refractivity contribution in [3.8, 4) is 0 Å². The summed E-state index contributed by atoms with van der Waals surface area (Å²) in [5.74, 6) is -1.87. The number of nitrogen functional groups attached to an aromatic ring is 1. The Kier molecular flexibility index (Phi) is 4.47. The highest BCUT2D eigenvalue weighted by atomic mass is 79.9. The summed E-state index contributed by atoms with van der Waals surface area (Å²) >= 11 is 3.17. The SMILES string of the molecule is Nc1ccc(C(=O)NCC(O)C(=O)O)cc1Br. The average molecular weight is 303 g/mol. The van der Waals surface area contributed by atoms with E-state index in [1.165, 1.54) is 12.1 Å². The molecule has 1 rings (SSSR count). The van der Waals surface area contributed by atoms with E-state index in [4.69, 9.17) is 15.9 Å². The Morgan fingerprint density at radius 2 is 2.12 bits per heavy atom. The predicted molar refractivity (Wildman–Crippen MR) is 64.5 cm³/mol. The summed E-state index contributed by atoms with van der Waals surface area (Å²) in [6.07, 6.45) is -1.61. The predicted octanol–water partition coefficient (Wildman–Crippen LogP) is 0.207. The molecule has 17 heavy (non-hydrogen) atoms. The lowest BCUT2D eigenvalue weighted by Crippen LogP contribution is -2.36. The second-order valence-corrected chi connectivity index (χ2v) is 4.15. The molecule has 0 aliphatic carbocycles. The Labute approximate surface area is 106 Å². The van der Waals surface area contributed by atoms with E-state index in [2.05, 4.69) is 21.2 Å². The largest absolute Gasteiger partial charge is 0.479 e. The Bertz CT molecular complexity index is 450. The average Bonchev–Trinajstić information content (AvgIpc) is 2.28. The molecule has 92 valence electrons. The summed E-state index contributed by atoms with van der Waals surface area (Å²) < 4.78 is 0.573. The first kappa shape index (κ1) is 13.5. The standard InChI is InChI=1S/C10H11BrN2O4/c11-6-3-5(1-2-7(6)12)9(15)13-4-8(14)10(16)17/h1-3,8,14H,4,12H2,(H,13,15)(H,16,17). The molecule has 0 fully saturated rings. The van der Waals surface area contributed by atoms with Crippen molar-refractivity contribution >= 4 is 33.5 Å². The summed E-state index contributed by atoms with van der Waals surface area (Å²) in [5.41, 5.74) is 6.37. The third-order valence-electron chi connectivity index (χ3n) is 2.00. The Balaban J connectivity index is 2.64. The number of halogens is 1. The number of rotatable bonds is 4. The van der Waals surface area contributed by atoms with Gasteiger partial charge in [-0.25, -0.2) is 4.79 Å². The second-order valence-electron chi connectivity index (χ2n) is 3.30. The van der Waals surface area contributed by atoms with Gasteiger partial charge in [0.2, 0.25) is 0 Å². The maximum Gasteiger partial charge on any atom is 0.334 e. The van der Waals surface area contributed by atoms with Gasteiger partial charge in [0.25, 0.3) is 5.91 Å². The molecule has 0 aliphatic rings. The minimum Gasteiger partial charge on any atom is -0.479 e. The molecule has 1 atom stereocenters. The van der Waals surface area contributed by atoms with E-state index in [1.807, 2.05) is 0 Å². The quantitative estimate of drug-likeness (QED) is 0.594. The number of nitrogens with one attached hydrogen (secondary N) is 1. The van der Waals surface area contributed by atoms with Crippen LogP contribution in [0.4, 0.5) is 5.69 Å². The van der Waals surface area contributed by atoms with Crippen LogP contribution in [0.1, 0.15) is 10.4 Å². The van der Waals surface area contributed by atoms with Gasteiger partial charge < -0.3 is 21.3 Å². The molecule has 0 aromatic heterocycles. The van der Waals surface area contributed by atoms with Gasteiger partial charge >= 0.3 is 5.97 Å². The maximum absolute atomic E-state index is 11.6. The van der Waals surface area contributed by atoms with Gasteiger partial charge in [0.1, 0.15) is 0 Å². The first-order valence-electron chi connectivity index (χ1n) is 4.66. The van der Waals surface area contributed by atoms with Crippen LogP contribution in [0.2, 0.25) is 0 Å². The number of amides is 1. The molecule has 0 spiro atoms. The molecule has 5 N–H and O–H groups in total. The molecule has 1 amide bonds. The van der Waals surface area contributed by atoms with E-state index in [1.54, 1.807) is 6.07 Å². The van der Waals surface area contributed by atoms with Crippen LogP contribution in [-0.4, -0.2) is 34.7 Å². The first-order chi connectivity index (χ1) is 7.91. The molecule has 0 saturated heterocycles. The molecule has 0 bridgehead atoms. The summed E-state index contributed by atoms with van der Waals surface area (Å²) in [6, 6.07) is 4.56. The van der Waals surface area contributed by atoms with Gasteiger partial charge in [-0.3, -0.25) is 4.79 Å². The van der Waals surface area contributed by atoms with Crippen molar-refractivity contribution in [1.29, 1.82) is 0 Å². The van der Waals surface area contributed by atoms with Crippen molar-refractivity contribution in [2.24, 2.45) is 0 Å². The van der Waals surface area contributed by atoms with Crippen LogP contribution >= 0.6 is 15.9 Å². The third kappa shape index (κ3) is 3.72. The Morgan fingerprint density at radius 1 is 1.47 bits per heavy atom. The number of nitrogens with two attached hydrogens (primary N) is 1. The molecule has 0 aliphatic heterocycles. The third-order valence-corrected chi connectivity index (χ3v) is 2.69. The van der Waals surface area contributed by atoms with E-state index >= 15 is 0 Å². The molecule has 1 aromatic carbocycles. The monoisotopic (exact) mass is 302 g/mol. The molecular weight excluding hydrogens is 292 g/mol. The highest BCUT2D eigenvalue weighted by Gasteiger charge is 2.15. The zero-order valence-electron chi connectivity index (χ0n) is 8.68. The molecule has 0 heterocycles. The number of aliphatic hydroxyl groups excluding tert-OH is 1. The van der Waals surface area contributed by atoms with E-state index < -0.39 is 18.0 Å². The van der Waals surface area contributed by atoms with Crippen molar-refractivity contribution in [1.82, 2.24) is 5.32 Å². The van der Waals surface area contributed by atoms with Crippen molar-refractivity contribution in [2.75, 3.05) is 12.3 Å². The lowest BCUT2D eigenvalue weighted by molar-refractivity contribution is -0.146. The van der Waals surface area contributed by atoms with Crippen molar-refractivity contribution < 1.29 is 19.8 Å². The van der Waals surface area contributed by atoms with Crippen molar-refractivity contribution in [2.45, 2.75) is 6.10 Å². The molecule has 7 heteroatoms. The van der Waals surface area contributed by atoms with Gasteiger partial charge in [-0.1, -0.05) is 0 Å². The van der Waals surface area contributed by atoms with Crippen LogP contribution in [-0.2, 0) is 4.79 Å². The summed E-state index contributed by atoms with van der Waals surface area (Å²) in [6.45, 7) is -0.351. The van der Waals surface area contributed by atoms with E-state index in [0.717, 1.165) is 0 Å². The number of carboxylic acid groups (broad SMARTS) is 1. The summed E-state index contributed by atoms with van der Waals surface area (Å²) in [4.78, 5) is 21.9. The fourth-order valence-corrected chi connectivity index (χ4v) is 1.43. The number of hydrogen-bond donors (Lipinski definition) is 4. The van der Waals surface area contributed by atoms with Crippen molar-refractivity contribution in [3.63, 3.8) is 0 Å². The maximum atomic E-state index is 11.6. The van der Waals surface area contributed by atoms with Gasteiger partial charge in [-0.15, -0.1) is 0 Å². The van der Waals surface area contributed by atoms with Crippen LogP contribution in [0, 0.1) is 0 Å². The van der Waals surface area contributed by atoms with E-state index in [0.29, 0.717) is 15.7 Å². The van der Waals surface area contributed by atoms with Crippen LogP contribution in [0.15, 0.2) is 22.7 Å². The number of aliphatic carboxylic acids is 1. The van der Waals surface area contributed by atoms with E-state index in [9.17, 15) is 9.59 Å². The Morgan fingerprint density at radius 3 is 2.65 bits per heavy atom. The minimum atomic E-state index is -1.61. The molecule has 1 unspecified atom stereocenters. The van der Waals surface area contributed by atoms with E-state index in [-0.39, 0.29) is 6.54 Å². The lowest BCUT2D eigenvalue weighted by Gasteiger charge is -2.08. The van der Waals surface area contributed by atoms with Gasteiger partial charge in [-0.2, -0.15) is 0 Å². The fraction of sp³-hybridized carbons (Fsp3) is 0.200. The number of carbonyl (C=O) groups is 2. The lowest BCUT2D eigenvalue weighted by atomic mass is 10.2. The number of aliphatic hydroxyl groups is 1. The topological polar surface area (TPSA) is 113 Å². The first-order valence-corrected chi connectivity index (χ1v) is 5.45. The highest BCUT2D eigenvalue weighted by Crippen LogP contribution is 2.20. The zero-order chi connectivity index (χ0) is 13.0. The molecule has 0 radical (unpaired) electrons. The summed E-state index contributed by atoms with van der Waals surface area (Å²) in [5, 5.41) is 19.7. The Hall–Kier alpha value is -1.60. The number of carbonyl (C=O) groups excluding carboxylic acids is 1. The second kappa shape index (κ2) is 5.65. The highest BCUT2D eigenvalue weighted by molar-refractivity contribution is 9.10. The van der Waals surface area contributed by atoms with Gasteiger partial charge in [0.15, 0.2) is 6.10 Å². The van der Waals surface area contributed by atoms with Crippen LogP contribution in [0.25, 0.3) is 0 Å². The van der Waals surface area contributed by atoms with Gasteiger partial charge in [-0.05, 0) is 34.1 Å². The van der Waals surface area contributed by atoms with Gasteiger partial charge in [0.05, 0.1) is 6.54 Å². The van der Waals surface area contributed by atoms with Crippen molar-refractivity contribution in [3.05, 3.63) is 28.2 Å². The number of benzene rings is 1. The number of anilines is 1. The van der Waals surface area contributed by atoms with Crippen LogP contribution in [0.5, 0.6) is 0 Å². The molecule has 1 aromatic rings. The molecule has 0 saturated carbocycles. The fourth-order valence-electron chi connectivity index (χ4n) is 1.05. The number of carboxylic acids is 1.